The normalized spacial score (nSPS) is 10.3. The molecule has 0 aliphatic heterocycles. The van der Waals surface area contributed by atoms with Gasteiger partial charge in [-0.05, 0) is 44.0 Å². The third-order valence-corrected chi connectivity index (χ3v) is 4.58. The smallest absolute Gasteiger partial charge is 0.341 e. The summed E-state index contributed by atoms with van der Waals surface area (Å²) in [5, 5.41) is 3.22. The lowest BCUT2D eigenvalue weighted by molar-refractivity contribution is -0.114. The van der Waals surface area contributed by atoms with Crippen molar-refractivity contribution in [2.45, 2.75) is 27.7 Å². The zero-order chi connectivity index (χ0) is 17.7. The van der Waals surface area contributed by atoms with Gasteiger partial charge >= 0.3 is 5.97 Å². The van der Waals surface area contributed by atoms with Gasteiger partial charge in [-0.25, -0.2) is 4.79 Å². The lowest BCUT2D eigenvalue weighted by Crippen LogP contribution is -2.15. The molecule has 128 valence electrons. The molecule has 1 N–H and O–H groups in total. The number of hydrogen-bond acceptors (Lipinski definition) is 5. The minimum atomic E-state index is -0.451. The SMILES string of the molecule is CC(=O)Nc1sc(C)c(C)c1C(=O)OCCOc1cccc(C)c1. The van der Waals surface area contributed by atoms with E-state index in [9.17, 15) is 9.59 Å². The molecular weight excluding hydrogens is 326 g/mol. The van der Waals surface area contributed by atoms with Crippen LogP contribution in [-0.4, -0.2) is 25.1 Å². The number of anilines is 1. The molecule has 0 spiro atoms. The zero-order valence-electron chi connectivity index (χ0n) is 14.3. The van der Waals surface area contributed by atoms with Gasteiger partial charge in [-0.15, -0.1) is 11.3 Å². The average Bonchev–Trinajstić information content (AvgIpc) is 2.77. The molecule has 0 atom stereocenters. The van der Waals surface area contributed by atoms with Crippen molar-refractivity contribution in [2.24, 2.45) is 0 Å². The van der Waals surface area contributed by atoms with Crippen molar-refractivity contribution in [2.75, 3.05) is 18.5 Å². The lowest BCUT2D eigenvalue weighted by Gasteiger charge is -2.09. The number of carbonyl (C=O) groups excluding carboxylic acids is 2. The molecule has 1 heterocycles. The van der Waals surface area contributed by atoms with E-state index in [-0.39, 0.29) is 19.1 Å². The second-order valence-electron chi connectivity index (χ2n) is 5.47. The van der Waals surface area contributed by atoms with Crippen LogP contribution in [0.15, 0.2) is 24.3 Å². The number of amides is 1. The molecule has 0 aliphatic rings. The number of thiophene rings is 1. The molecule has 0 fully saturated rings. The minimum absolute atomic E-state index is 0.140. The fraction of sp³-hybridized carbons (Fsp3) is 0.333. The first-order valence-electron chi connectivity index (χ1n) is 7.62. The van der Waals surface area contributed by atoms with E-state index in [1.165, 1.54) is 18.3 Å². The van der Waals surface area contributed by atoms with E-state index in [4.69, 9.17) is 9.47 Å². The largest absolute Gasteiger partial charge is 0.490 e. The third kappa shape index (κ3) is 4.58. The molecule has 2 aromatic rings. The highest BCUT2D eigenvalue weighted by atomic mass is 32.1. The second-order valence-corrected chi connectivity index (χ2v) is 6.69. The number of ether oxygens (including phenoxy) is 2. The molecule has 2 rings (SSSR count). The predicted molar refractivity (Wildman–Crippen MR) is 95.1 cm³/mol. The standard InChI is InChI=1S/C18H21NO4S/c1-11-6-5-7-15(10-11)22-8-9-23-18(21)16-12(2)13(3)24-17(16)19-14(4)20/h5-7,10H,8-9H2,1-4H3,(H,19,20). The Hall–Kier alpha value is -2.34. The molecule has 5 nitrogen and oxygen atoms in total. The number of rotatable bonds is 6. The first-order valence-corrected chi connectivity index (χ1v) is 8.44. The number of carbonyl (C=O) groups is 2. The fourth-order valence-corrected chi connectivity index (χ4v) is 3.29. The van der Waals surface area contributed by atoms with Crippen LogP contribution < -0.4 is 10.1 Å². The van der Waals surface area contributed by atoms with Gasteiger partial charge in [0.05, 0.1) is 5.56 Å². The number of hydrogen-bond donors (Lipinski definition) is 1. The van der Waals surface area contributed by atoms with Crippen LogP contribution in [0, 0.1) is 20.8 Å². The van der Waals surface area contributed by atoms with Crippen LogP contribution in [-0.2, 0) is 9.53 Å². The zero-order valence-corrected chi connectivity index (χ0v) is 15.1. The topological polar surface area (TPSA) is 64.6 Å². The molecular formula is C18H21NO4S. The summed E-state index contributed by atoms with van der Waals surface area (Å²) in [7, 11) is 0. The summed E-state index contributed by atoms with van der Waals surface area (Å²) in [6, 6.07) is 7.67. The van der Waals surface area contributed by atoms with Gasteiger partial charge in [0.15, 0.2) is 0 Å². The maximum absolute atomic E-state index is 12.3. The fourth-order valence-electron chi connectivity index (χ4n) is 2.19. The summed E-state index contributed by atoms with van der Waals surface area (Å²) < 4.78 is 10.8. The second kappa shape index (κ2) is 7.97. The van der Waals surface area contributed by atoms with Gasteiger partial charge in [-0.3, -0.25) is 4.79 Å². The summed E-state index contributed by atoms with van der Waals surface area (Å²) >= 11 is 1.37. The number of benzene rings is 1. The van der Waals surface area contributed by atoms with Crippen LogP contribution in [0.1, 0.15) is 33.3 Å². The van der Waals surface area contributed by atoms with Crippen LogP contribution >= 0.6 is 11.3 Å². The first-order chi connectivity index (χ1) is 11.4. The van der Waals surface area contributed by atoms with Gasteiger partial charge in [0.2, 0.25) is 5.91 Å². The first kappa shape index (κ1) is 18.0. The van der Waals surface area contributed by atoms with Gasteiger partial charge in [-0.2, -0.15) is 0 Å². The van der Waals surface area contributed by atoms with Crippen molar-refractivity contribution in [1.82, 2.24) is 0 Å². The number of esters is 1. The molecule has 0 saturated carbocycles. The van der Waals surface area contributed by atoms with Crippen LogP contribution in [0.25, 0.3) is 0 Å². The van der Waals surface area contributed by atoms with Crippen LogP contribution in [0.4, 0.5) is 5.00 Å². The molecule has 6 heteroatoms. The van der Waals surface area contributed by atoms with Crippen molar-refractivity contribution >= 4 is 28.2 Å². The number of nitrogens with one attached hydrogen (secondary N) is 1. The van der Waals surface area contributed by atoms with Gasteiger partial charge in [0, 0.05) is 11.8 Å². The summed E-state index contributed by atoms with van der Waals surface area (Å²) in [4.78, 5) is 24.6. The monoisotopic (exact) mass is 347 g/mol. The van der Waals surface area contributed by atoms with E-state index in [1.54, 1.807) is 0 Å². The van der Waals surface area contributed by atoms with Crippen molar-refractivity contribution < 1.29 is 19.1 Å². The Morgan fingerprint density at radius 3 is 2.58 bits per heavy atom. The Bertz CT molecular complexity index is 751. The quantitative estimate of drug-likeness (QED) is 0.636. The van der Waals surface area contributed by atoms with E-state index in [1.807, 2.05) is 45.0 Å². The third-order valence-electron chi connectivity index (χ3n) is 3.45. The Kier molecular flexibility index (Phi) is 5.98. The molecule has 0 saturated heterocycles. The Labute approximate surface area is 145 Å². The minimum Gasteiger partial charge on any atom is -0.490 e. The van der Waals surface area contributed by atoms with Crippen LogP contribution in [0.5, 0.6) is 5.75 Å². The molecule has 0 aliphatic carbocycles. The summed E-state index contributed by atoms with van der Waals surface area (Å²) in [6.07, 6.45) is 0. The highest BCUT2D eigenvalue weighted by Gasteiger charge is 2.21. The Balaban J connectivity index is 1.94. The van der Waals surface area contributed by atoms with Crippen LogP contribution in [0.2, 0.25) is 0 Å². The van der Waals surface area contributed by atoms with Crippen molar-refractivity contribution in [3.8, 4) is 5.75 Å². The van der Waals surface area contributed by atoms with Gasteiger partial charge in [-0.1, -0.05) is 12.1 Å². The van der Waals surface area contributed by atoms with Gasteiger partial charge < -0.3 is 14.8 Å². The maximum atomic E-state index is 12.3. The van der Waals surface area contributed by atoms with Crippen molar-refractivity contribution in [3.05, 3.63) is 45.8 Å². The molecule has 24 heavy (non-hydrogen) atoms. The molecule has 1 amide bonds. The highest BCUT2D eigenvalue weighted by Crippen LogP contribution is 2.32. The van der Waals surface area contributed by atoms with Crippen molar-refractivity contribution in [3.63, 3.8) is 0 Å². The van der Waals surface area contributed by atoms with E-state index in [0.717, 1.165) is 21.8 Å². The molecule has 0 bridgehead atoms. The van der Waals surface area contributed by atoms with E-state index in [2.05, 4.69) is 5.32 Å². The molecule has 1 aromatic heterocycles. The summed E-state index contributed by atoms with van der Waals surface area (Å²) in [5.41, 5.74) is 2.35. The van der Waals surface area contributed by atoms with E-state index >= 15 is 0 Å². The molecule has 0 radical (unpaired) electrons. The maximum Gasteiger partial charge on any atom is 0.341 e. The Morgan fingerprint density at radius 1 is 1.17 bits per heavy atom. The van der Waals surface area contributed by atoms with Crippen LogP contribution in [0.3, 0.4) is 0 Å². The summed E-state index contributed by atoms with van der Waals surface area (Å²) in [5.74, 6) is 0.0778. The van der Waals surface area contributed by atoms with E-state index < -0.39 is 5.97 Å². The summed E-state index contributed by atoms with van der Waals surface area (Å²) in [6.45, 7) is 7.56. The van der Waals surface area contributed by atoms with Crippen molar-refractivity contribution in [1.29, 1.82) is 0 Å². The average molecular weight is 347 g/mol. The Morgan fingerprint density at radius 2 is 1.92 bits per heavy atom. The van der Waals surface area contributed by atoms with E-state index in [0.29, 0.717) is 10.6 Å². The number of aryl methyl sites for hydroxylation is 2. The van der Waals surface area contributed by atoms with Gasteiger partial charge in [0.25, 0.3) is 0 Å². The lowest BCUT2D eigenvalue weighted by atomic mass is 10.1. The van der Waals surface area contributed by atoms with Gasteiger partial charge in [0.1, 0.15) is 24.0 Å². The molecule has 1 aromatic carbocycles. The highest BCUT2D eigenvalue weighted by molar-refractivity contribution is 7.16. The molecule has 0 unspecified atom stereocenters. The predicted octanol–water partition coefficient (Wildman–Crippen LogP) is 3.87.